The SMILES string of the molecule is Nc1nc(=O)c2c(CCc3ccc(C(=O)N[C@@H](CCC(=O)O)C(=O)O)cc3)c[nH]c2[nH]1.[LiH].[LiH]. The van der Waals surface area contributed by atoms with E-state index in [2.05, 4.69) is 20.3 Å². The van der Waals surface area contributed by atoms with Crippen molar-refractivity contribution in [1.29, 1.82) is 0 Å². The molecule has 2 aromatic heterocycles. The van der Waals surface area contributed by atoms with Crippen LogP contribution in [0.5, 0.6) is 0 Å². The number of carboxylic acids is 2. The number of fused-ring (bicyclic) bond motifs is 1. The van der Waals surface area contributed by atoms with E-state index in [1.165, 1.54) is 0 Å². The van der Waals surface area contributed by atoms with Crippen LogP contribution in [0.4, 0.5) is 5.95 Å². The summed E-state index contributed by atoms with van der Waals surface area (Å²) in [7, 11) is 0. The van der Waals surface area contributed by atoms with Gasteiger partial charge in [0.25, 0.3) is 11.5 Å². The summed E-state index contributed by atoms with van der Waals surface area (Å²) >= 11 is 0. The number of nitrogens with zero attached hydrogens (tertiary/aromatic N) is 1. The van der Waals surface area contributed by atoms with E-state index in [9.17, 15) is 19.2 Å². The summed E-state index contributed by atoms with van der Waals surface area (Å²) in [4.78, 5) is 55.7. The summed E-state index contributed by atoms with van der Waals surface area (Å²) < 4.78 is 0. The molecular weight excluding hydrogens is 420 g/mol. The molecule has 11 nitrogen and oxygen atoms in total. The van der Waals surface area contributed by atoms with Gasteiger partial charge in [-0.1, -0.05) is 12.1 Å². The van der Waals surface area contributed by atoms with E-state index in [4.69, 9.17) is 15.9 Å². The van der Waals surface area contributed by atoms with Crippen LogP contribution in [0.2, 0.25) is 0 Å². The van der Waals surface area contributed by atoms with E-state index in [-0.39, 0.29) is 62.1 Å². The van der Waals surface area contributed by atoms with Gasteiger partial charge in [0.2, 0.25) is 5.95 Å². The zero-order valence-electron chi connectivity index (χ0n) is 16.3. The van der Waals surface area contributed by atoms with E-state index >= 15 is 0 Å². The average Bonchev–Trinajstić information content (AvgIpc) is 3.12. The van der Waals surface area contributed by atoms with Crippen LogP contribution in [-0.4, -0.2) is 86.8 Å². The Kier molecular flexibility index (Phi) is 10.5. The molecule has 3 rings (SSSR count). The number of nitrogens with one attached hydrogen (secondary N) is 3. The van der Waals surface area contributed by atoms with Crippen molar-refractivity contribution in [3.8, 4) is 0 Å². The summed E-state index contributed by atoms with van der Waals surface area (Å²) in [5.41, 5.74) is 7.59. The third-order valence-corrected chi connectivity index (χ3v) is 4.80. The molecule has 0 radical (unpaired) electrons. The number of aromatic amines is 2. The van der Waals surface area contributed by atoms with Gasteiger partial charge in [-0.3, -0.25) is 14.4 Å². The zero-order valence-corrected chi connectivity index (χ0v) is 16.3. The van der Waals surface area contributed by atoms with Crippen molar-refractivity contribution in [2.75, 3.05) is 5.73 Å². The molecule has 0 spiro atoms. The molecule has 0 aliphatic heterocycles. The molecule has 0 unspecified atom stereocenters. The van der Waals surface area contributed by atoms with Crippen LogP contribution < -0.4 is 16.6 Å². The Morgan fingerprint density at radius 1 is 1.09 bits per heavy atom. The first-order chi connectivity index (χ1) is 14.7. The molecule has 7 N–H and O–H groups in total. The van der Waals surface area contributed by atoms with Gasteiger partial charge >= 0.3 is 49.7 Å². The molecule has 13 heteroatoms. The topological polar surface area (TPSA) is 191 Å². The number of anilines is 1. The van der Waals surface area contributed by atoms with Crippen LogP contribution >= 0.6 is 0 Å². The van der Waals surface area contributed by atoms with Crippen LogP contribution in [-0.2, 0) is 22.4 Å². The molecular formula is C20H23Li2N5O6. The van der Waals surface area contributed by atoms with Crippen molar-refractivity contribution in [2.24, 2.45) is 0 Å². The van der Waals surface area contributed by atoms with E-state index < -0.39 is 29.4 Å². The van der Waals surface area contributed by atoms with Crippen molar-refractivity contribution in [2.45, 2.75) is 31.7 Å². The fourth-order valence-electron chi connectivity index (χ4n) is 3.19. The van der Waals surface area contributed by atoms with Gasteiger partial charge in [0.05, 0.1) is 5.39 Å². The maximum absolute atomic E-state index is 12.3. The Bertz CT molecular complexity index is 1190. The Morgan fingerprint density at radius 2 is 1.76 bits per heavy atom. The second-order valence-corrected chi connectivity index (χ2v) is 6.98. The number of nitrogen functional groups attached to an aromatic ring is 1. The predicted molar refractivity (Wildman–Crippen MR) is 125 cm³/mol. The van der Waals surface area contributed by atoms with Gasteiger partial charge in [0, 0.05) is 18.2 Å². The Morgan fingerprint density at radius 3 is 2.36 bits per heavy atom. The van der Waals surface area contributed by atoms with Gasteiger partial charge < -0.3 is 31.2 Å². The number of hydrogen-bond acceptors (Lipinski definition) is 6. The number of aryl methyl sites for hydroxylation is 2. The second-order valence-electron chi connectivity index (χ2n) is 6.98. The minimum atomic E-state index is -1.30. The molecule has 166 valence electrons. The monoisotopic (exact) mass is 443 g/mol. The van der Waals surface area contributed by atoms with E-state index in [0.717, 1.165) is 11.1 Å². The number of rotatable bonds is 9. The van der Waals surface area contributed by atoms with Gasteiger partial charge in [-0.2, -0.15) is 4.98 Å². The zero-order chi connectivity index (χ0) is 22.5. The molecule has 33 heavy (non-hydrogen) atoms. The molecule has 0 saturated heterocycles. The molecule has 0 aliphatic rings. The van der Waals surface area contributed by atoms with Crippen molar-refractivity contribution < 1.29 is 24.6 Å². The van der Waals surface area contributed by atoms with Crippen LogP contribution in [0.15, 0.2) is 35.3 Å². The molecule has 0 fully saturated rings. The number of benzene rings is 1. The van der Waals surface area contributed by atoms with Crippen LogP contribution in [0.25, 0.3) is 11.0 Å². The number of aromatic nitrogens is 3. The number of hydrogen-bond donors (Lipinski definition) is 6. The van der Waals surface area contributed by atoms with Crippen LogP contribution in [0, 0.1) is 0 Å². The van der Waals surface area contributed by atoms with Gasteiger partial charge in [-0.15, -0.1) is 0 Å². The summed E-state index contributed by atoms with van der Waals surface area (Å²) in [5.74, 6) is -3.00. The first-order valence-electron chi connectivity index (χ1n) is 9.44. The molecule has 1 amide bonds. The number of nitrogens with two attached hydrogens (primary N) is 1. The molecule has 0 saturated carbocycles. The molecule has 3 aromatic rings. The van der Waals surface area contributed by atoms with Crippen LogP contribution in [0.1, 0.15) is 34.3 Å². The summed E-state index contributed by atoms with van der Waals surface area (Å²) in [6, 6.07) is 5.30. The fraction of sp³-hybridized carbons (Fsp3) is 0.250. The minimum absolute atomic E-state index is 0. The van der Waals surface area contributed by atoms with E-state index in [1.54, 1.807) is 30.5 Å². The Hall–Kier alpha value is -2.96. The summed E-state index contributed by atoms with van der Waals surface area (Å²) in [6.45, 7) is 0. The van der Waals surface area contributed by atoms with Gasteiger partial charge in [-0.25, -0.2) is 4.79 Å². The number of carbonyl (C=O) groups excluding carboxylic acids is 1. The molecule has 1 atom stereocenters. The first-order valence-corrected chi connectivity index (χ1v) is 9.44. The molecule has 2 heterocycles. The number of carbonyl (C=O) groups is 3. The average molecular weight is 443 g/mol. The predicted octanol–water partition coefficient (Wildman–Crippen LogP) is -0.631. The normalized spacial score (nSPS) is 11.2. The number of H-pyrrole nitrogens is 2. The number of amides is 1. The fourth-order valence-corrected chi connectivity index (χ4v) is 3.19. The first kappa shape index (κ1) is 28.1. The van der Waals surface area contributed by atoms with Gasteiger partial charge in [0.15, 0.2) is 0 Å². The van der Waals surface area contributed by atoms with Gasteiger partial charge in [0.1, 0.15) is 11.7 Å². The van der Waals surface area contributed by atoms with E-state index in [0.29, 0.717) is 23.9 Å². The van der Waals surface area contributed by atoms with Crippen molar-refractivity contribution in [3.05, 3.63) is 57.5 Å². The number of aliphatic carboxylic acids is 2. The summed E-state index contributed by atoms with van der Waals surface area (Å²) in [6.07, 6.45) is 2.29. The molecule has 1 aromatic carbocycles. The van der Waals surface area contributed by atoms with Crippen molar-refractivity contribution in [1.82, 2.24) is 20.3 Å². The van der Waals surface area contributed by atoms with E-state index in [1.807, 2.05) is 0 Å². The second kappa shape index (κ2) is 12.3. The van der Waals surface area contributed by atoms with Crippen LogP contribution in [0.3, 0.4) is 0 Å². The van der Waals surface area contributed by atoms with Crippen molar-refractivity contribution in [3.63, 3.8) is 0 Å². The standard InChI is InChI=1S/C20H21N5O6.2Li.2H/c21-20-24-16-15(18(29)25-20)12(9-22-16)6-3-10-1-4-11(5-2-10)17(28)23-13(19(30)31)7-8-14(26)27;;;;/h1-2,4-5,9,13H,3,6-8H2,(H,23,28)(H,26,27)(H,30,31)(H4,21,22,24,25,29);;;;/t13-;;;;/m0..../s1. The maximum atomic E-state index is 12.3. The summed E-state index contributed by atoms with van der Waals surface area (Å²) in [5, 5.41) is 20.6. The molecule has 0 aliphatic carbocycles. The number of carboxylic acid groups (broad SMARTS) is 2. The third kappa shape index (κ3) is 7.27. The van der Waals surface area contributed by atoms with Gasteiger partial charge in [-0.05, 0) is 42.5 Å². The molecule has 0 bridgehead atoms. The van der Waals surface area contributed by atoms with Crippen molar-refractivity contribution >= 4 is 72.5 Å². The quantitative estimate of drug-likeness (QED) is 0.235. The Balaban J connectivity index is 0.00000272. The Labute approximate surface area is 211 Å². The third-order valence-electron chi connectivity index (χ3n) is 4.80.